The van der Waals surface area contributed by atoms with Crippen LogP contribution in [0.2, 0.25) is 0 Å². The molecular formula is C6H7BrN2O2. The van der Waals surface area contributed by atoms with Gasteiger partial charge >= 0.3 is 0 Å². The summed E-state index contributed by atoms with van der Waals surface area (Å²) in [6.45, 7) is -0.0209. The largest absolute Gasteiger partial charge is 0.364 e. The van der Waals surface area contributed by atoms with E-state index in [4.69, 9.17) is 0 Å². The summed E-state index contributed by atoms with van der Waals surface area (Å²) < 4.78 is 0.927. The van der Waals surface area contributed by atoms with Crippen molar-refractivity contribution >= 4 is 15.9 Å². The summed E-state index contributed by atoms with van der Waals surface area (Å²) in [7, 11) is 0. The van der Waals surface area contributed by atoms with Crippen molar-refractivity contribution in [3.63, 3.8) is 0 Å². The third-order valence-electron chi connectivity index (χ3n) is 1.27. The van der Waals surface area contributed by atoms with Gasteiger partial charge in [0.05, 0.1) is 6.42 Å². The van der Waals surface area contributed by atoms with Crippen LogP contribution in [0.3, 0.4) is 0 Å². The van der Waals surface area contributed by atoms with E-state index in [1.54, 1.807) is 6.20 Å². The minimum Gasteiger partial charge on any atom is -0.364 e. The lowest BCUT2D eigenvalue weighted by molar-refractivity contribution is -0.479. The highest BCUT2D eigenvalue weighted by molar-refractivity contribution is 9.10. The van der Waals surface area contributed by atoms with Crippen LogP contribution in [0.4, 0.5) is 0 Å². The Labute approximate surface area is 71.9 Å². The van der Waals surface area contributed by atoms with Crippen molar-refractivity contribution in [2.24, 2.45) is 0 Å². The molecule has 0 aliphatic rings. The minimum absolute atomic E-state index is 0.0209. The Kier molecular flexibility index (Phi) is 2.64. The number of nitrogens with zero attached hydrogens (tertiary/aromatic N) is 1. The molecule has 5 heteroatoms. The molecule has 1 N–H and O–H groups in total. The van der Waals surface area contributed by atoms with Crippen LogP contribution in [0, 0.1) is 10.1 Å². The monoisotopic (exact) mass is 218 g/mol. The highest BCUT2D eigenvalue weighted by atomic mass is 79.9. The van der Waals surface area contributed by atoms with Gasteiger partial charge in [-0.05, 0) is 22.0 Å². The second-order valence-corrected chi connectivity index (χ2v) is 3.07. The molecule has 0 aliphatic heterocycles. The van der Waals surface area contributed by atoms with E-state index in [1.807, 2.05) is 6.07 Å². The van der Waals surface area contributed by atoms with Crippen LogP contribution in [0.25, 0.3) is 0 Å². The third-order valence-corrected chi connectivity index (χ3v) is 1.73. The molecule has 0 aromatic carbocycles. The number of halogens is 1. The number of rotatable bonds is 3. The molecule has 1 aromatic heterocycles. The van der Waals surface area contributed by atoms with E-state index in [9.17, 15) is 10.1 Å². The lowest BCUT2D eigenvalue weighted by atomic mass is 10.3. The molecule has 0 aliphatic carbocycles. The Morgan fingerprint density at radius 1 is 1.73 bits per heavy atom. The van der Waals surface area contributed by atoms with Crippen molar-refractivity contribution in [3.8, 4) is 0 Å². The summed E-state index contributed by atoms with van der Waals surface area (Å²) in [4.78, 5) is 12.5. The number of nitro groups is 1. The number of H-pyrrole nitrogens is 1. The predicted octanol–water partition coefficient (Wildman–Crippen LogP) is 1.60. The molecule has 0 unspecified atom stereocenters. The third kappa shape index (κ3) is 2.71. The fourth-order valence-corrected chi connectivity index (χ4v) is 1.16. The van der Waals surface area contributed by atoms with E-state index in [0.717, 1.165) is 10.2 Å². The quantitative estimate of drug-likeness (QED) is 0.619. The van der Waals surface area contributed by atoms with Gasteiger partial charge in [0.1, 0.15) is 0 Å². The molecular weight excluding hydrogens is 212 g/mol. The smallest absolute Gasteiger partial charge is 0.209 e. The molecule has 0 fully saturated rings. The van der Waals surface area contributed by atoms with Gasteiger partial charge in [-0.2, -0.15) is 0 Å². The molecule has 0 amide bonds. The fourth-order valence-electron chi connectivity index (χ4n) is 0.767. The molecule has 1 heterocycles. The number of nitrogens with one attached hydrogen (secondary N) is 1. The first-order chi connectivity index (χ1) is 5.18. The number of aromatic nitrogens is 1. The van der Waals surface area contributed by atoms with Crippen LogP contribution < -0.4 is 0 Å². The van der Waals surface area contributed by atoms with Crippen molar-refractivity contribution < 1.29 is 4.92 Å². The SMILES string of the molecule is O=[N+]([O-])CCc1cc(Br)c[nH]1. The van der Waals surface area contributed by atoms with Gasteiger partial charge in [-0.15, -0.1) is 0 Å². The van der Waals surface area contributed by atoms with Gasteiger partial charge in [-0.3, -0.25) is 10.1 Å². The standard InChI is InChI=1S/C6H7BrN2O2/c7-5-3-6(8-4-5)1-2-9(10)11/h3-4,8H,1-2H2. The highest BCUT2D eigenvalue weighted by Gasteiger charge is 2.00. The van der Waals surface area contributed by atoms with Crippen molar-refractivity contribution in [1.82, 2.24) is 4.98 Å². The average Bonchev–Trinajstić information content (AvgIpc) is 2.31. The molecule has 0 radical (unpaired) electrons. The Morgan fingerprint density at radius 2 is 2.45 bits per heavy atom. The van der Waals surface area contributed by atoms with Gasteiger partial charge in [0.15, 0.2) is 0 Å². The van der Waals surface area contributed by atoms with E-state index in [-0.39, 0.29) is 11.5 Å². The van der Waals surface area contributed by atoms with Crippen LogP contribution in [0.15, 0.2) is 16.7 Å². The molecule has 1 rings (SSSR count). The Balaban J connectivity index is 2.45. The van der Waals surface area contributed by atoms with Crippen molar-refractivity contribution in [2.45, 2.75) is 6.42 Å². The van der Waals surface area contributed by atoms with Crippen LogP contribution in [-0.4, -0.2) is 16.5 Å². The summed E-state index contributed by atoms with van der Waals surface area (Å²) >= 11 is 3.24. The maximum atomic E-state index is 9.96. The van der Waals surface area contributed by atoms with Crippen LogP contribution in [0.1, 0.15) is 5.69 Å². The van der Waals surface area contributed by atoms with E-state index >= 15 is 0 Å². The Morgan fingerprint density at radius 3 is 2.91 bits per heavy atom. The topological polar surface area (TPSA) is 58.9 Å². The molecule has 60 valence electrons. The first kappa shape index (κ1) is 8.26. The maximum absolute atomic E-state index is 9.96. The number of hydrogen-bond acceptors (Lipinski definition) is 2. The van der Waals surface area contributed by atoms with E-state index < -0.39 is 0 Å². The predicted molar refractivity (Wildman–Crippen MR) is 44.1 cm³/mol. The van der Waals surface area contributed by atoms with Gasteiger partial charge < -0.3 is 4.98 Å². The first-order valence-corrected chi connectivity index (χ1v) is 3.92. The molecule has 4 nitrogen and oxygen atoms in total. The summed E-state index contributed by atoms with van der Waals surface area (Å²) in [6, 6.07) is 1.84. The highest BCUT2D eigenvalue weighted by Crippen LogP contribution is 2.10. The van der Waals surface area contributed by atoms with Crippen LogP contribution in [-0.2, 0) is 6.42 Å². The van der Waals surface area contributed by atoms with Crippen molar-refractivity contribution in [3.05, 3.63) is 32.5 Å². The molecule has 11 heavy (non-hydrogen) atoms. The summed E-state index contributed by atoms with van der Waals surface area (Å²) in [5.74, 6) is 0. The van der Waals surface area contributed by atoms with Crippen LogP contribution >= 0.6 is 15.9 Å². The van der Waals surface area contributed by atoms with Gasteiger partial charge in [0, 0.05) is 21.3 Å². The molecule has 0 spiro atoms. The zero-order valence-electron chi connectivity index (χ0n) is 5.71. The van der Waals surface area contributed by atoms with Gasteiger partial charge in [-0.25, -0.2) is 0 Å². The van der Waals surface area contributed by atoms with Crippen molar-refractivity contribution in [2.75, 3.05) is 6.54 Å². The van der Waals surface area contributed by atoms with Crippen LogP contribution in [0.5, 0.6) is 0 Å². The Hall–Kier alpha value is -0.840. The van der Waals surface area contributed by atoms with Crippen molar-refractivity contribution in [1.29, 1.82) is 0 Å². The van der Waals surface area contributed by atoms with E-state index in [0.29, 0.717) is 6.42 Å². The first-order valence-electron chi connectivity index (χ1n) is 3.13. The summed E-state index contributed by atoms with van der Waals surface area (Å²) in [5.41, 5.74) is 0.883. The molecule has 0 atom stereocenters. The lowest BCUT2D eigenvalue weighted by Gasteiger charge is -1.89. The summed E-state index contributed by atoms with van der Waals surface area (Å²) in [6.07, 6.45) is 2.22. The van der Waals surface area contributed by atoms with Gasteiger partial charge in [0.2, 0.25) is 6.54 Å². The summed E-state index contributed by atoms with van der Waals surface area (Å²) in [5, 5.41) is 9.96. The molecule has 1 aromatic rings. The zero-order chi connectivity index (χ0) is 8.27. The minimum atomic E-state index is -0.325. The molecule has 0 saturated carbocycles. The second kappa shape index (κ2) is 3.52. The van der Waals surface area contributed by atoms with Gasteiger partial charge in [-0.1, -0.05) is 0 Å². The molecule has 0 bridgehead atoms. The lowest BCUT2D eigenvalue weighted by Crippen LogP contribution is -2.03. The second-order valence-electron chi connectivity index (χ2n) is 2.15. The Bertz CT molecular complexity index is 259. The normalized spacial score (nSPS) is 9.91. The maximum Gasteiger partial charge on any atom is 0.209 e. The molecule has 0 saturated heterocycles. The zero-order valence-corrected chi connectivity index (χ0v) is 7.30. The number of aromatic amines is 1. The van der Waals surface area contributed by atoms with Gasteiger partial charge in [0.25, 0.3) is 0 Å². The number of hydrogen-bond donors (Lipinski definition) is 1. The van der Waals surface area contributed by atoms with E-state index in [2.05, 4.69) is 20.9 Å². The fraction of sp³-hybridized carbons (Fsp3) is 0.333. The average molecular weight is 219 g/mol. The van der Waals surface area contributed by atoms with E-state index in [1.165, 1.54) is 0 Å².